The van der Waals surface area contributed by atoms with Crippen LogP contribution < -0.4 is 10.1 Å². The molecule has 0 saturated heterocycles. The van der Waals surface area contributed by atoms with Gasteiger partial charge in [0.1, 0.15) is 5.75 Å². The Morgan fingerprint density at radius 2 is 1.96 bits per heavy atom. The molecule has 3 rings (SSSR count). The van der Waals surface area contributed by atoms with Gasteiger partial charge in [0.15, 0.2) is 5.13 Å². The lowest BCUT2D eigenvalue weighted by Crippen LogP contribution is -2.01. The highest BCUT2D eigenvalue weighted by atomic mass is 32.1. The maximum Gasteiger partial charge on any atom is 0.183 e. The maximum absolute atomic E-state index is 8.84. The zero-order valence-corrected chi connectivity index (χ0v) is 13.4. The van der Waals surface area contributed by atoms with Gasteiger partial charge in [-0.1, -0.05) is 30.3 Å². The van der Waals surface area contributed by atoms with E-state index in [1.54, 1.807) is 30.6 Å². The van der Waals surface area contributed by atoms with Gasteiger partial charge in [0.2, 0.25) is 0 Å². The summed E-state index contributed by atoms with van der Waals surface area (Å²) in [6.07, 6.45) is 0. The van der Waals surface area contributed by atoms with Gasteiger partial charge in [-0.2, -0.15) is 5.26 Å². The molecule has 0 aliphatic rings. The van der Waals surface area contributed by atoms with Gasteiger partial charge in [0.05, 0.1) is 24.4 Å². The Labute approximate surface area is 139 Å². The number of para-hydroxylation sites is 1. The maximum atomic E-state index is 8.84. The van der Waals surface area contributed by atoms with Crippen LogP contribution in [0.5, 0.6) is 5.75 Å². The fraction of sp³-hybridized carbons (Fsp3) is 0.111. The van der Waals surface area contributed by atoms with Crippen LogP contribution in [0, 0.1) is 11.3 Å². The van der Waals surface area contributed by atoms with E-state index in [1.807, 2.05) is 41.8 Å². The second kappa shape index (κ2) is 6.95. The van der Waals surface area contributed by atoms with Crippen LogP contribution in [0.3, 0.4) is 0 Å². The Bertz CT molecular complexity index is 834. The van der Waals surface area contributed by atoms with Gasteiger partial charge >= 0.3 is 0 Å². The minimum Gasteiger partial charge on any atom is -0.496 e. The Morgan fingerprint density at radius 3 is 2.70 bits per heavy atom. The minimum absolute atomic E-state index is 0.651. The molecule has 1 N–H and O–H groups in total. The summed E-state index contributed by atoms with van der Waals surface area (Å²) in [5.41, 5.74) is 3.65. The van der Waals surface area contributed by atoms with Crippen molar-refractivity contribution in [3.8, 4) is 23.1 Å². The van der Waals surface area contributed by atoms with Gasteiger partial charge < -0.3 is 10.1 Å². The molecule has 0 unspecified atom stereocenters. The standard InChI is InChI=1S/C18H15N3OS/c1-22-17-5-3-2-4-15(17)11-20-18-21-16(12-23-18)14-8-6-13(10-19)7-9-14/h2-9,12H,11H2,1H3,(H,20,21). The molecule has 4 nitrogen and oxygen atoms in total. The summed E-state index contributed by atoms with van der Waals surface area (Å²) in [7, 11) is 1.67. The lowest BCUT2D eigenvalue weighted by molar-refractivity contribution is 0.410. The van der Waals surface area contributed by atoms with Crippen LogP contribution in [0.4, 0.5) is 5.13 Å². The Morgan fingerprint density at radius 1 is 1.17 bits per heavy atom. The van der Waals surface area contributed by atoms with Gasteiger partial charge in [0.25, 0.3) is 0 Å². The number of hydrogen-bond donors (Lipinski definition) is 1. The van der Waals surface area contributed by atoms with Gasteiger partial charge in [-0.3, -0.25) is 0 Å². The van der Waals surface area contributed by atoms with Crippen molar-refractivity contribution in [2.45, 2.75) is 6.54 Å². The molecule has 2 aromatic carbocycles. The predicted molar refractivity (Wildman–Crippen MR) is 92.6 cm³/mol. The third kappa shape index (κ3) is 3.50. The number of nitriles is 1. The first-order chi connectivity index (χ1) is 11.3. The molecule has 23 heavy (non-hydrogen) atoms. The quantitative estimate of drug-likeness (QED) is 0.761. The second-order valence-electron chi connectivity index (χ2n) is 4.89. The summed E-state index contributed by atoms with van der Waals surface area (Å²) >= 11 is 1.56. The first-order valence-corrected chi connectivity index (χ1v) is 8.00. The van der Waals surface area contributed by atoms with Crippen molar-refractivity contribution >= 4 is 16.5 Å². The molecular weight excluding hydrogens is 306 g/mol. The molecular formula is C18H15N3OS. The van der Waals surface area contributed by atoms with E-state index in [9.17, 15) is 0 Å². The van der Waals surface area contributed by atoms with Crippen molar-refractivity contribution in [1.82, 2.24) is 4.98 Å². The zero-order valence-electron chi connectivity index (χ0n) is 12.6. The topological polar surface area (TPSA) is 57.9 Å². The highest BCUT2D eigenvalue weighted by Gasteiger charge is 2.06. The first-order valence-electron chi connectivity index (χ1n) is 7.12. The first kappa shape index (κ1) is 15.1. The summed E-state index contributed by atoms with van der Waals surface area (Å²) in [6.45, 7) is 0.657. The van der Waals surface area contributed by atoms with Crippen LogP contribution in [-0.4, -0.2) is 12.1 Å². The van der Waals surface area contributed by atoms with Crippen LogP contribution >= 0.6 is 11.3 Å². The average Bonchev–Trinajstić information content (AvgIpc) is 3.09. The number of rotatable bonds is 5. The zero-order chi connectivity index (χ0) is 16.1. The van der Waals surface area contributed by atoms with E-state index in [2.05, 4.69) is 16.4 Å². The molecule has 0 aliphatic heterocycles. The van der Waals surface area contributed by atoms with Gasteiger partial charge in [0, 0.05) is 23.1 Å². The summed E-state index contributed by atoms with van der Waals surface area (Å²) in [4.78, 5) is 4.59. The lowest BCUT2D eigenvalue weighted by atomic mass is 10.1. The molecule has 0 aliphatic carbocycles. The van der Waals surface area contributed by atoms with E-state index in [-0.39, 0.29) is 0 Å². The smallest absolute Gasteiger partial charge is 0.183 e. The summed E-state index contributed by atoms with van der Waals surface area (Å²) in [5.74, 6) is 0.865. The highest BCUT2D eigenvalue weighted by molar-refractivity contribution is 7.14. The fourth-order valence-corrected chi connectivity index (χ4v) is 2.94. The number of ether oxygens (including phenoxy) is 1. The largest absolute Gasteiger partial charge is 0.496 e. The number of nitrogens with zero attached hydrogens (tertiary/aromatic N) is 2. The van der Waals surface area contributed by atoms with Crippen molar-refractivity contribution < 1.29 is 4.74 Å². The number of hydrogen-bond acceptors (Lipinski definition) is 5. The Balaban J connectivity index is 1.71. The number of methoxy groups -OCH3 is 1. The minimum atomic E-state index is 0.651. The van der Waals surface area contributed by atoms with Crippen molar-refractivity contribution in [2.75, 3.05) is 12.4 Å². The monoisotopic (exact) mass is 321 g/mol. The summed E-state index contributed by atoms with van der Waals surface area (Å²) < 4.78 is 5.35. The molecule has 0 radical (unpaired) electrons. The van der Waals surface area contributed by atoms with E-state index in [1.165, 1.54) is 0 Å². The predicted octanol–water partition coefficient (Wildman–Crippen LogP) is 4.30. The molecule has 5 heteroatoms. The van der Waals surface area contributed by atoms with Crippen LogP contribution in [-0.2, 0) is 6.54 Å². The highest BCUT2D eigenvalue weighted by Crippen LogP contribution is 2.26. The Hall–Kier alpha value is -2.84. The number of aromatic nitrogens is 1. The molecule has 0 spiro atoms. The molecule has 1 heterocycles. The number of nitrogens with one attached hydrogen (secondary N) is 1. The van der Waals surface area contributed by atoms with Gasteiger partial charge in [-0.15, -0.1) is 11.3 Å². The van der Waals surface area contributed by atoms with E-state index >= 15 is 0 Å². The number of anilines is 1. The molecule has 0 saturated carbocycles. The van der Waals surface area contributed by atoms with Crippen LogP contribution in [0.2, 0.25) is 0 Å². The molecule has 3 aromatic rings. The SMILES string of the molecule is COc1ccccc1CNc1nc(-c2ccc(C#N)cc2)cs1. The molecule has 0 fully saturated rings. The third-order valence-corrected chi connectivity index (χ3v) is 4.24. The Kier molecular flexibility index (Phi) is 4.55. The molecule has 114 valence electrons. The third-order valence-electron chi connectivity index (χ3n) is 3.44. The van der Waals surface area contributed by atoms with Crippen LogP contribution in [0.1, 0.15) is 11.1 Å². The van der Waals surface area contributed by atoms with Crippen LogP contribution in [0.25, 0.3) is 11.3 Å². The van der Waals surface area contributed by atoms with Gasteiger partial charge in [-0.25, -0.2) is 4.98 Å². The average molecular weight is 321 g/mol. The lowest BCUT2D eigenvalue weighted by Gasteiger charge is -2.08. The van der Waals surface area contributed by atoms with E-state index in [0.717, 1.165) is 27.7 Å². The molecule has 0 atom stereocenters. The normalized spacial score (nSPS) is 10.1. The second-order valence-corrected chi connectivity index (χ2v) is 5.75. The van der Waals surface area contributed by atoms with E-state index in [4.69, 9.17) is 10.00 Å². The van der Waals surface area contributed by atoms with Crippen LogP contribution in [0.15, 0.2) is 53.9 Å². The van der Waals surface area contributed by atoms with Crippen molar-refractivity contribution in [2.24, 2.45) is 0 Å². The van der Waals surface area contributed by atoms with Crippen molar-refractivity contribution in [1.29, 1.82) is 5.26 Å². The number of thiazole rings is 1. The summed E-state index contributed by atoms with van der Waals surface area (Å²) in [6, 6.07) is 17.5. The van der Waals surface area contributed by atoms with Crippen molar-refractivity contribution in [3.63, 3.8) is 0 Å². The number of benzene rings is 2. The molecule has 1 aromatic heterocycles. The fourth-order valence-electron chi connectivity index (χ4n) is 2.22. The molecule has 0 bridgehead atoms. The van der Waals surface area contributed by atoms with Gasteiger partial charge in [-0.05, 0) is 18.2 Å². The molecule has 0 amide bonds. The van der Waals surface area contributed by atoms with E-state index < -0.39 is 0 Å². The summed E-state index contributed by atoms with van der Waals surface area (Å²) in [5, 5.41) is 15.0. The van der Waals surface area contributed by atoms with Crippen molar-refractivity contribution in [3.05, 3.63) is 65.0 Å². The van der Waals surface area contributed by atoms with E-state index in [0.29, 0.717) is 12.1 Å².